The Morgan fingerprint density at radius 3 is 1.88 bits per heavy atom. The van der Waals surface area contributed by atoms with Gasteiger partial charge in [0.2, 0.25) is 5.91 Å². The lowest BCUT2D eigenvalue weighted by Gasteiger charge is -2.31. The van der Waals surface area contributed by atoms with Gasteiger partial charge in [-0.3, -0.25) is 4.79 Å². The third-order valence-corrected chi connectivity index (χ3v) is 4.23. The fourth-order valence-electron chi connectivity index (χ4n) is 2.84. The van der Waals surface area contributed by atoms with Crippen molar-refractivity contribution in [1.82, 2.24) is 0 Å². The van der Waals surface area contributed by atoms with Crippen LogP contribution in [0.15, 0.2) is 18.2 Å². The number of hydrogen-bond acceptors (Lipinski definition) is 6. The molecule has 138 valence electrons. The van der Waals surface area contributed by atoms with Gasteiger partial charge in [-0.15, -0.1) is 12.4 Å². The van der Waals surface area contributed by atoms with Crippen molar-refractivity contribution in [1.29, 1.82) is 0 Å². The molecule has 0 heterocycles. The molecule has 1 aliphatic rings. The molecule has 0 spiro atoms. The molecule has 1 aromatic carbocycles. The zero-order valence-electron chi connectivity index (χ0n) is 14.3. The molecule has 8 heteroatoms. The highest BCUT2D eigenvalue weighted by atomic mass is 35.5. The molecule has 1 fully saturated rings. The van der Waals surface area contributed by atoms with Crippen molar-refractivity contribution in [3.63, 3.8) is 0 Å². The summed E-state index contributed by atoms with van der Waals surface area (Å²) >= 11 is 0. The van der Waals surface area contributed by atoms with Crippen LogP contribution in [0, 0.1) is 0 Å². The fourth-order valence-corrected chi connectivity index (χ4v) is 2.84. The third-order valence-electron chi connectivity index (χ3n) is 4.23. The first-order valence-electron chi connectivity index (χ1n) is 7.81. The maximum Gasteiger partial charge on any atom is 0.337 e. The number of amides is 1. The number of carbonyl (C=O) groups excluding carboxylic acids is 3. The Bertz CT molecular complexity index is 622. The molecule has 1 saturated carbocycles. The van der Waals surface area contributed by atoms with Gasteiger partial charge in [0.1, 0.15) is 0 Å². The summed E-state index contributed by atoms with van der Waals surface area (Å²) in [5.41, 5.74) is 5.87. The van der Waals surface area contributed by atoms with E-state index in [-0.39, 0.29) is 29.4 Å². The van der Waals surface area contributed by atoms with Gasteiger partial charge in [0.15, 0.2) is 0 Å². The number of nitrogens with one attached hydrogen (secondary N) is 1. The second-order valence-corrected chi connectivity index (χ2v) is 5.95. The first-order valence-corrected chi connectivity index (χ1v) is 7.81. The number of methoxy groups -OCH3 is 2. The fraction of sp³-hybridized carbons (Fsp3) is 0.471. The van der Waals surface area contributed by atoms with Gasteiger partial charge >= 0.3 is 11.9 Å². The lowest BCUT2D eigenvalue weighted by molar-refractivity contribution is -0.122. The molecule has 0 unspecified atom stereocenters. The SMILES string of the molecule is COC(=O)c1cc(NC(=O)C2(N)CCCCC2)cc(C(=O)OC)c1.Cl. The molecule has 0 atom stereocenters. The van der Waals surface area contributed by atoms with Crippen molar-refractivity contribution in [3.05, 3.63) is 29.3 Å². The second-order valence-electron chi connectivity index (χ2n) is 5.95. The summed E-state index contributed by atoms with van der Waals surface area (Å²) in [6.45, 7) is 0. The highest BCUT2D eigenvalue weighted by Gasteiger charge is 2.35. The van der Waals surface area contributed by atoms with Crippen molar-refractivity contribution < 1.29 is 23.9 Å². The van der Waals surface area contributed by atoms with E-state index in [2.05, 4.69) is 14.8 Å². The maximum absolute atomic E-state index is 12.5. The Morgan fingerprint density at radius 2 is 1.44 bits per heavy atom. The molecule has 0 radical (unpaired) electrons. The highest BCUT2D eigenvalue weighted by Crippen LogP contribution is 2.27. The van der Waals surface area contributed by atoms with Crippen LogP contribution in [0.1, 0.15) is 52.8 Å². The number of benzene rings is 1. The second kappa shape index (κ2) is 8.82. The van der Waals surface area contributed by atoms with E-state index in [4.69, 9.17) is 5.73 Å². The van der Waals surface area contributed by atoms with Crippen LogP contribution >= 0.6 is 12.4 Å². The molecule has 7 nitrogen and oxygen atoms in total. The van der Waals surface area contributed by atoms with Crippen LogP contribution in [0.5, 0.6) is 0 Å². The summed E-state index contributed by atoms with van der Waals surface area (Å²) < 4.78 is 9.34. The van der Waals surface area contributed by atoms with Gasteiger partial charge in [0.25, 0.3) is 0 Å². The van der Waals surface area contributed by atoms with Crippen LogP contribution in [-0.4, -0.2) is 37.6 Å². The zero-order chi connectivity index (χ0) is 17.7. The highest BCUT2D eigenvalue weighted by molar-refractivity contribution is 6.02. The van der Waals surface area contributed by atoms with E-state index >= 15 is 0 Å². The summed E-state index contributed by atoms with van der Waals surface area (Å²) in [6.07, 6.45) is 4.09. The minimum absolute atomic E-state index is 0. The Morgan fingerprint density at radius 1 is 0.960 bits per heavy atom. The van der Waals surface area contributed by atoms with Crippen LogP contribution < -0.4 is 11.1 Å². The van der Waals surface area contributed by atoms with Crippen molar-refractivity contribution in [3.8, 4) is 0 Å². The number of ether oxygens (including phenoxy) is 2. The van der Waals surface area contributed by atoms with Crippen molar-refractivity contribution in [2.45, 2.75) is 37.6 Å². The van der Waals surface area contributed by atoms with Crippen molar-refractivity contribution >= 4 is 35.9 Å². The molecule has 0 bridgehead atoms. The maximum atomic E-state index is 12.5. The van der Waals surface area contributed by atoms with Gasteiger partial charge in [0, 0.05) is 5.69 Å². The zero-order valence-corrected chi connectivity index (χ0v) is 15.1. The first-order chi connectivity index (χ1) is 11.4. The van der Waals surface area contributed by atoms with Crippen LogP contribution in [0.3, 0.4) is 0 Å². The normalized spacial score (nSPS) is 15.5. The summed E-state index contributed by atoms with van der Waals surface area (Å²) in [4.78, 5) is 36.1. The number of nitrogens with two attached hydrogens (primary N) is 1. The number of halogens is 1. The van der Waals surface area contributed by atoms with E-state index in [1.54, 1.807) is 0 Å². The van der Waals surface area contributed by atoms with E-state index in [0.717, 1.165) is 19.3 Å². The van der Waals surface area contributed by atoms with Gasteiger partial charge < -0.3 is 20.5 Å². The minimum Gasteiger partial charge on any atom is -0.465 e. The topological polar surface area (TPSA) is 108 Å². The first kappa shape index (κ1) is 20.9. The standard InChI is InChI=1S/C17H22N2O5.ClH/c1-23-14(20)11-8-12(15(21)24-2)10-13(9-11)19-16(22)17(18)6-4-3-5-7-17;/h8-10H,3-7,18H2,1-2H3,(H,19,22);1H. The molecule has 1 amide bonds. The minimum atomic E-state index is -0.926. The van der Waals surface area contributed by atoms with E-state index < -0.39 is 17.5 Å². The number of carbonyl (C=O) groups is 3. The summed E-state index contributed by atoms with van der Waals surface area (Å²) in [6, 6.07) is 4.25. The van der Waals surface area contributed by atoms with Crippen molar-refractivity contribution in [2.75, 3.05) is 19.5 Å². The van der Waals surface area contributed by atoms with Crippen LogP contribution in [0.25, 0.3) is 0 Å². The Balaban J connectivity index is 0.00000312. The molecule has 0 aromatic heterocycles. The largest absolute Gasteiger partial charge is 0.465 e. The van der Waals surface area contributed by atoms with Crippen LogP contribution in [0.2, 0.25) is 0 Å². The molecule has 0 aliphatic heterocycles. The van der Waals surface area contributed by atoms with Gasteiger partial charge in [0.05, 0.1) is 30.9 Å². The molecule has 1 aliphatic carbocycles. The smallest absolute Gasteiger partial charge is 0.337 e. The van der Waals surface area contributed by atoms with Gasteiger partial charge in [-0.1, -0.05) is 19.3 Å². The van der Waals surface area contributed by atoms with E-state index in [1.807, 2.05) is 0 Å². The molecular weight excluding hydrogens is 348 g/mol. The molecule has 1 aromatic rings. The van der Waals surface area contributed by atoms with E-state index in [9.17, 15) is 14.4 Å². The summed E-state index contributed by atoms with van der Waals surface area (Å²) in [7, 11) is 2.48. The Kier molecular flexibility index (Phi) is 7.38. The number of rotatable bonds is 4. The average Bonchev–Trinajstić information content (AvgIpc) is 2.60. The van der Waals surface area contributed by atoms with Crippen LogP contribution in [-0.2, 0) is 14.3 Å². The molecule has 3 N–H and O–H groups in total. The number of hydrogen-bond donors (Lipinski definition) is 2. The van der Waals surface area contributed by atoms with Crippen LogP contribution in [0.4, 0.5) is 5.69 Å². The quantitative estimate of drug-likeness (QED) is 0.787. The average molecular weight is 371 g/mol. The number of esters is 2. The summed E-state index contributed by atoms with van der Waals surface area (Å²) in [5.74, 6) is -1.55. The predicted octanol–water partition coefficient (Wildman–Crippen LogP) is 2.28. The molecule has 25 heavy (non-hydrogen) atoms. The van der Waals surface area contributed by atoms with E-state index in [0.29, 0.717) is 18.5 Å². The van der Waals surface area contributed by atoms with Gasteiger partial charge in [-0.2, -0.15) is 0 Å². The third kappa shape index (κ3) is 4.93. The predicted molar refractivity (Wildman–Crippen MR) is 95.0 cm³/mol. The number of anilines is 1. The van der Waals surface area contributed by atoms with Gasteiger partial charge in [-0.25, -0.2) is 9.59 Å². The monoisotopic (exact) mass is 370 g/mol. The molecule has 0 saturated heterocycles. The summed E-state index contributed by atoms with van der Waals surface area (Å²) in [5, 5.41) is 2.71. The van der Waals surface area contributed by atoms with Crippen molar-refractivity contribution in [2.24, 2.45) is 5.73 Å². The van der Waals surface area contributed by atoms with E-state index in [1.165, 1.54) is 32.4 Å². The van der Waals surface area contributed by atoms with Gasteiger partial charge in [-0.05, 0) is 31.0 Å². The lowest BCUT2D eigenvalue weighted by Crippen LogP contribution is -2.52. The lowest BCUT2D eigenvalue weighted by atomic mass is 9.82. The molecule has 2 rings (SSSR count). The Hall–Kier alpha value is -2.12. The Labute approximate surface area is 152 Å². The molecular formula is C17H23ClN2O5.